The Morgan fingerprint density at radius 3 is 2.05 bits per heavy atom. The molecule has 6 rings (SSSR count). The molecule has 0 radical (unpaired) electrons. The van der Waals surface area contributed by atoms with Crippen LogP contribution in [0.25, 0.3) is 33.4 Å². The van der Waals surface area contributed by atoms with Crippen molar-refractivity contribution in [2.75, 3.05) is 104 Å². The zero-order valence-electron chi connectivity index (χ0n) is 38.1. The first-order valence-corrected chi connectivity index (χ1v) is 20.9. The van der Waals surface area contributed by atoms with Crippen LogP contribution in [0.1, 0.15) is 31.9 Å². The van der Waals surface area contributed by atoms with Crippen molar-refractivity contribution >= 4 is 40.3 Å². The summed E-state index contributed by atoms with van der Waals surface area (Å²) in [6, 6.07) is 21.5. The van der Waals surface area contributed by atoms with E-state index in [-0.39, 0.29) is 58.5 Å². The molecule has 0 saturated carbocycles. The normalized spacial score (nSPS) is 13.5. The molecule has 1 aliphatic carbocycles. The van der Waals surface area contributed by atoms with Gasteiger partial charge in [0.1, 0.15) is 74.6 Å². The summed E-state index contributed by atoms with van der Waals surface area (Å²) in [6.07, 6.45) is 0. The van der Waals surface area contributed by atoms with Crippen molar-refractivity contribution in [1.29, 1.82) is 0 Å². The summed E-state index contributed by atoms with van der Waals surface area (Å²) in [5.41, 5.74) is 5.27. The predicted molar refractivity (Wildman–Crippen MR) is 241 cm³/mol. The van der Waals surface area contributed by atoms with Crippen LogP contribution in [-0.2, 0) is 39.9 Å². The summed E-state index contributed by atoms with van der Waals surface area (Å²) >= 11 is 0. The van der Waals surface area contributed by atoms with E-state index in [0.29, 0.717) is 58.6 Å². The van der Waals surface area contributed by atoms with Gasteiger partial charge in [0.15, 0.2) is 6.61 Å². The number of benzene rings is 4. The highest BCUT2D eigenvalue weighted by Gasteiger charge is 2.27. The number of nitrogens with zero attached hydrogens (tertiary/aromatic N) is 3. The molecule has 0 spiro atoms. The minimum Gasteiger partial charge on any atom is -1.00 e. The maximum absolute atomic E-state index is 13.3. The molecule has 0 atom stereocenters. The van der Waals surface area contributed by atoms with E-state index in [0.717, 1.165) is 33.0 Å². The molecule has 3 aromatic rings. The van der Waals surface area contributed by atoms with Crippen molar-refractivity contribution in [1.82, 2.24) is 9.89 Å². The smallest absolute Gasteiger partial charge is 0.344 e. The quantitative estimate of drug-likeness (QED) is 0.0947. The van der Waals surface area contributed by atoms with Gasteiger partial charge in [-0.25, -0.2) is 9.37 Å². The molecule has 3 aliphatic rings. The number of halogens is 1. The molecule has 344 valence electrons. The minimum absolute atomic E-state index is 0. The van der Waals surface area contributed by atoms with Gasteiger partial charge in [-0.05, 0) is 76.2 Å². The summed E-state index contributed by atoms with van der Waals surface area (Å²) in [5.74, 6) is 0.485. The zero-order valence-corrected chi connectivity index (χ0v) is 38.9. The number of carbonyl (C=O) groups excluding carboxylic acids is 3. The third-order valence-corrected chi connectivity index (χ3v) is 10.3. The van der Waals surface area contributed by atoms with Gasteiger partial charge in [0.25, 0.3) is 0 Å². The zero-order chi connectivity index (χ0) is 45.3. The summed E-state index contributed by atoms with van der Waals surface area (Å²) in [6.45, 7) is 8.63. The van der Waals surface area contributed by atoms with Crippen LogP contribution in [0.5, 0.6) is 17.2 Å². The number of hydrogen-bond donors (Lipinski definition) is 1. The van der Waals surface area contributed by atoms with Crippen molar-refractivity contribution in [3.63, 3.8) is 0 Å². The highest BCUT2D eigenvalue weighted by Crippen LogP contribution is 2.48. The molecular formula is C48H59ClN4O11. The van der Waals surface area contributed by atoms with E-state index in [2.05, 4.69) is 5.32 Å². The number of hydrogen-bond acceptors (Lipinski definition) is 14. The fourth-order valence-corrected chi connectivity index (χ4v) is 7.30. The van der Waals surface area contributed by atoms with Gasteiger partial charge >= 0.3 is 17.9 Å². The maximum Gasteiger partial charge on any atom is 0.344 e. The van der Waals surface area contributed by atoms with E-state index in [1.807, 2.05) is 98.2 Å². The molecule has 0 bridgehead atoms. The molecule has 0 amide bonds. The van der Waals surface area contributed by atoms with E-state index in [1.54, 1.807) is 31.7 Å². The summed E-state index contributed by atoms with van der Waals surface area (Å²) in [7, 11) is 8.51. The van der Waals surface area contributed by atoms with E-state index >= 15 is 0 Å². The maximum atomic E-state index is 13.3. The van der Waals surface area contributed by atoms with Crippen LogP contribution in [0.4, 0.5) is 11.4 Å². The first-order valence-electron chi connectivity index (χ1n) is 20.9. The van der Waals surface area contributed by atoms with Gasteiger partial charge < -0.3 is 65.1 Å². The van der Waals surface area contributed by atoms with Gasteiger partial charge in [-0.1, -0.05) is 18.2 Å². The van der Waals surface area contributed by atoms with Crippen LogP contribution >= 0.6 is 0 Å². The minimum atomic E-state index is -0.745. The number of methoxy groups -OCH3 is 2. The molecule has 16 heteroatoms. The Kier molecular flexibility index (Phi) is 16.9. The Bertz CT molecular complexity index is 2480. The molecule has 1 N–H and O–H groups in total. The first kappa shape index (κ1) is 49.0. The van der Waals surface area contributed by atoms with Crippen LogP contribution in [0, 0.1) is 6.92 Å². The number of fused-ring (bicyclic) bond motifs is 4. The van der Waals surface area contributed by atoms with Crippen molar-refractivity contribution in [3.8, 4) is 39.7 Å². The molecule has 2 aliphatic heterocycles. The average Bonchev–Trinajstić information content (AvgIpc) is 3.24. The van der Waals surface area contributed by atoms with Gasteiger partial charge in [-0.2, -0.15) is 0 Å². The average molecular weight is 903 g/mol. The van der Waals surface area contributed by atoms with Crippen molar-refractivity contribution in [2.24, 2.45) is 0 Å². The lowest BCUT2D eigenvalue weighted by Gasteiger charge is -2.28. The van der Waals surface area contributed by atoms with E-state index in [4.69, 9.17) is 37.6 Å². The fraction of sp³-hybridized carbons (Fsp3) is 0.417. The predicted octanol–water partition coefficient (Wildman–Crippen LogP) is 2.44. The lowest BCUT2D eigenvalue weighted by Crippen LogP contribution is -3.00. The Labute approximate surface area is 380 Å². The fourth-order valence-electron chi connectivity index (χ4n) is 7.30. The standard InChI is InChI=1S/C48H59N4O11.ClH/c1-31-10-15-37-42(22-31)59-20-21-60-43-25-36(47-34-13-11-32(27-49-5)23-40(34)62-41-24-33(50(6)7)12-14-35(41)47)39(61-30-46(55)63-48(2,3)4)26-38(43)52(29-45(54)57-9)17-19-58-18-16-51(37)28-44(53)56-8;/h10-15,22-26,49H,16-21,27-30H2,1-9H3;1H/q+1;/p-1. The number of ether oxygens (including phenoxy) is 7. The topological polar surface area (TPSA) is 150 Å². The van der Waals surface area contributed by atoms with E-state index in [1.165, 1.54) is 14.2 Å². The summed E-state index contributed by atoms with van der Waals surface area (Å²) in [5, 5.41) is 4.96. The number of esters is 3. The number of carbonyl (C=O) groups is 3. The molecule has 0 aromatic heterocycles. The summed E-state index contributed by atoms with van der Waals surface area (Å²) in [4.78, 5) is 42.5. The molecule has 3 aromatic carbocycles. The van der Waals surface area contributed by atoms with Gasteiger partial charge in [-0.3, -0.25) is 9.59 Å². The van der Waals surface area contributed by atoms with Crippen LogP contribution in [0.3, 0.4) is 0 Å². The molecule has 2 heterocycles. The van der Waals surface area contributed by atoms with Crippen molar-refractivity contribution in [3.05, 3.63) is 83.2 Å². The third kappa shape index (κ3) is 12.4. The largest absolute Gasteiger partial charge is 1.00 e. The molecule has 0 fully saturated rings. The second-order valence-corrected chi connectivity index (χ2v) is 16.4. The Balaban J connectivity index is 0.00000771. The number of nitrogens with one attached hydrogen (secondary N) is 1. The van der Waals surface area contributed by atoms with Crippen molar-refractivity contribution < 1.29 is 64.4 Å². The van der Waals surface area contributed by atoms with E-state index in [9.17, 15) is 14.4 Å². The number of anilines is 2. The van der Waals surface area contributed by atoms with Gasteiger partial charge in [0.05, 0.1) is 44.9 Å². The molecule has 0 unspecified atom stereocenters. The highest BCUT2D eigenvalue weighted by molar-refractivity contribution is 6.04. The van der Waals surface area contributed by atoms with E-state index < -0.39 is 30.1 Å². The lowest BCUT2D eigenvalue weighted by molar-refractivity contribution is -0.157. The Morgan fingerprint density at radius 2 is 1.42 bits per heavy atom. The number of aryl methyl sites for hydroxylation is 1. The van der Waals surface area contributed by atoms with Crippen LogP contribution < -0.4 is 51.7 Å². The SMILES string of the molecule is CNCc1ccc2c(-c3cc4c(cc3OCC(=O)OC(C)(C)C)N(CC(=O)OC)CCOCCN(CC(=O)OC)c3ccc(C)cc3OCCO4)c3ccc(=[N+](C)C)cc-3oc2c1.[Cl-]. The second kappa shape index (κ2) is 22.0. The van der Waals surface area contributed by atoms with Crippen LogP contribution in [0.15, 0.2) is 71.1 Å². The van der Waals surface area contributed by atoms with Gasteiger partial charge in [-0.15, -0.1) is 0 Å². The van der Waals surface area contributed by atoms with Gasteiger partial charge in [0.2, 0.25) is 5.36 Å². The molecule has 0 saturated heterocycles. The Morgan fingerprint density at radius 1 is 0.766 bits per heavy atom. The van der Waals surface area contributed by atoms with Crippen LogP contribution in [-0.4, -0.2) is 118 Å². The first-order chi connectivity index (χ1) is 30.2. The molecule has 64 heavy (non-hydrogen) atoms. The Hall–Kier alpha value is -6.03. The molecule has 15 nitrogen and oxygen atoms in total. The monoisotopic (exact) mass is 902 g/mol. The lowest BCUT2D eigenvalue weighted by atomic mass is 9.92. The highest BCUT2D eigenvalue weighted by atomic mass is 35.5. The molecular weight excluding hydrogens is 844 g/mol. The number of rotatable bonds is 10. The third-order valence-electron chi connectivity index (χ3n) is 10.3. The van der Waals surface area contributed by atoms with Crippen LogP contribution in [0.2, 0.25) is 0 Å². The van der Waals surface area contributed by atoms with Gasteiger partial charge in [0, 0.05) is 53.8 Å². The summed E-state index contributed by atoms with van der Waals surface area (Å²) < 4.78 is 50.2. The van der Waals surface area contributed by atoms with Crippen molar-refractivity contribution in [2.45, 2.75) is 39.8 Å². The second-order valence-electron chi connectivity index (χ2n) is 16.4.